The summed E-state index contributed by atoms with van der Waals surface area (Å²) in [6.07, 6.45) is 0.598. The van der Waals surface area contributed by atoms with E-state index in [1.165, 1.54) is 0 Å². The first-order valence-electron chi connectivity index (χ1n) is 8.41. The monoisotopic (exact) mass is 338 g/mol. The van der Waals surface area contributed by atoms with Crippen molar-refractivity contribution in [2.45, 2.75) is 32.4 Å². The largest absolute Gasteiger partial charge is 0.491 e. The van der Waals surface area contributed by atoms with Crippen molar-refractivity contribution in [3.8, 4) is 5.75 Å². The molecule has 2 aromatic carbocycles. The fraction of sp³-hybridized carbons (Fsp3) is 0.300. The first-order valence-corrected chi connectivity index (χ1v) is 8.41. The zero-order valence-electron chi connectivity index (χ0n) is 14.7. The third-order valence-corrected chi connectivity index (χ3v) is 4.22. The van der Waals surface area contributed by atoms with Gasteiger partial charge in [-0.1, -0.05) is 18.2 Å². The number of carbonyl (C=O) groups is 2. The van der Waals surface area contributed by atoms with Gasteiger partial charge < -0.3 is 10.1 Å². The first kappa shape index (κ1) is 17.0. The maximum absolute atomic E-state index is 13.1. The molecule has 1 atom stereocenters. The van der Waals surface area contributed by atoms with E-state index < -0.39 is 6.04 Å². The average Bonchev–Trinajstić information content (AvgIpc) is 3.00. The summed E-state index contributed by atoms with van der Waals surface area (Å²) in [6, 6.07) is 14.2. The minimum absolute atomic E-state index is 0.0737. The van der Waals surface area contributed by atoms with Crippen LogP contribution >= 0.6 is 0 Å². The summed E-state index contributed by atoms with van der Waals surface area (Å²) in [5.41, 5.74) is 2.33. The summed E-state index contributed by atoms with van der Waals surface area (Å²) in [4.78, 5) is 26.9. The normalized spacial score (nSPS) is 15.8. The second-order valence-corrected chi connectivity index (χ2v) is 6.33. The predicted octanol–water partition coefficient (Wildman–Crippen LogP) is 2.79. The molecule has 0 unspecified atom stereocenters. The highest BCUT2D eigenvalue weighted by molar-refractivity contribution is 6.11. The lowest BCUT2D eigenvalue weighted by Crippen LogP contribution is -2.47. The number of rotatable bonds is 4. The van der Waals surface area contributed by atoms with E-state index >= 15 is 0 Å². The standard InChI is InChI=1S/C20H22N2O3/c1-13(2)25-16-10-8-14(9-11-16)20(24)22-17-7-5-4-6-15(17)12-18(22)19(23)21-3/h4-11,13,18H,12H2,1-3H3,(H,21,23)/t18-/m0/s1. The molecule has 1 heterocycles. The second-order valence-electron chi connectivity index (χ2n) is 6.33. The zero-order valence-corrected chi connectivity index (χ0v) is 14.7. The molecule has 0 spiro atoms. The molecule has 5 nitrogen and oxygen atoms in total. The van der Waals surface area contributed by atoms with Crippen molar-refractivity contribution in [2.75, 3.05) is 11.9 Å². The SMILES string of the molecule is CNC(=O)[C@@H]1Cc2ccccc2N1C(=O)c1ccc(OC(C)C)cc1. The predicted molar refractivity (Wildman–Crippen MR) is 97.0 cm³/mol. The van der Waals surface area contributed by atoms with Gasteiger partial charge >= 0.3 is 0 Å². The molecule has 0 aliphatic carbocycles. The maximum atomic E-state index is 13.1. The van der Waals surface area contributed by atoms with Gasteiger partial charge in [0.15, 0.2) is 0 Å². The van der Waals surface area contributed by atoms with Crippen LogP contribution in [0.5, 0.6) is 5.75 Å². The number of benzene rings is 2. The Kier molecular flexibility index (Phi) is 4.74. The van der Waals surface area contributed by atoms with E-state index in [4.69, 9.17) is 4.74 Å². The van der Waals surface area contributed by atoms with Crippen LogP contribution in [0.2, 0.25) is 0 Å². The van der Waals surface area contributed by atoms with Gasteiger partial charge in [0, 0.05) is 24.7 Å². The molecule has 130 valence electrons. The van der Waals surface area contributed by atoms with Gasteiger partial charge in [-0.25, -0.2) is 0 Å². The molecule has 0 aromatic heterocycles. The van der Waals surface area contributed by atoms with E-state index in [0.29, 0.717) is 12.0 Å². The molecule has 1 N–H and O–H groups in total. The number of nitrogens with zero attached hydrogens (tertiary/aromatic N) is 1. The van der Waals surface area contributed by atoms with Crippen LogP contribution in [0, 0.1) is 0 Å². The van der Waals surface area contributed by atoms with E-state index in [0.717, 1.165) is 17.0 Å². The molecule has 0 radical (unpaired) electrons. The second kappa shape index (κ2) is 6.97. The Balaban J connectivity index is 1.91. The average molecular weight is 338 g/mol. The van der Waals surface area contributed by atoms with E-state index in [1.807, 2.05) is 38.1 Å². The number of hydrogen-bond donors (Lipinski definition) is 1. The number of hydrogen-bond acceptors (Lipinski definition) is 3. The summed E-state index contributed by atoms with van der Waals surface area (Å²) in [5.74, 6) is 0.371. The van der Waals surface area contributed by atoms with E-state index in [-0.39, 0.29) is 17.9 Å². The van der Waals surface area contributed by atoms with Crippen molar-refractivity contribution in [3.05, 3.63) is 59.7 Å². The van der Waals surface area contributed by atoms with Crippen LogP contribution in [0.3, 0.4) is 0 Å². The quantitative estimate of drug-likeness (QED) is 0.932. The van der Waals surface area contributed by atoms with E-state index in [9.17, 15) is 9.59 Å². The number of nitrogens with one attached hydrogen (secondary N) is 1. The molecule has 2 aromatic rings. The molecule has 0 bridgehead atoms. The molecule has 0 saturated heterocycles. The molecule has 0 fully saturated rings. The minimum atomic E-state index is -0.526. The van der Waals surface area contributed by atoms with E-state index in [2.05, 4.69) is 5.32 Å². The van der Waals surface area contributed by atoms with Crippen LogP contribution in [0.1, 0.15) is 29.8 Å². The fourth-order valence-corrected chi connectivity index (χ4v) is 3.10. The Morgan fingerprint density at radius 3 is 2.44 bits per heavy atom. The van der Waals surface area contributed by atoms with Crippen LogP contribution in [0.15, 0.2) is 48.5 Å². The number of para-hydroxylation sites is 1. The molecule has 1 aliphatic rings. The molecule has 3 rings (SSSR count). The molecule has 5 heteroatoms. The topological polar surface area (TPSA) is 58.6 Å². The summed E-state index contributed by atoms with van der Waals surface area (Å²) in [7, 11) is 1.59. The van der Waals surface area contributed by atoms with Gasteiger partial charge in [0.1, 0.15) is 11.8 Å². The van der Waals surface area contributed by atoms with Gasteiger partial charge in [0.05, 0.1) is 6.10 Å². The van der Waals surface area contributed by atoms with Crippen LogP contribution < -0.4 is 15.0 Å². The summed E-state index contributed by atoms with van der Waals surface area (Å²) in [5, 5.41) is 2.66. The maximum Gasteiger partial charge on any atom is 0.259 e. The first-order chi connectivity index (χ1) is 12.0. The van der Waals surface area contributed by atoms with Gasteiger partial charge in [-0.05, 0) is 49.7 Å². The van der Waals surface area contributed by atoms with Crippen LogP contribution in [0.25, 0.3) is 0 Å². The Morgan fingerprint density at radius 1 is 1.12 bits per heavy atom. The lowest BCUT2D eigenvalue weighted by molar-refractivity contribution is -0.121. The zero-order chi connectivity index (χ0) is 18.0. The van der Waals surface area contributed by atoms with Gasteiger partial charge in [-0.2, -0.15) is 0 Å². The minimum Gasteiger partial charge on any atom is -0.491 e. The Hall–Kier alpha value is -2.82. The molecule has 25 heavy (non-hydrogen) atoms. The molecular formula is C20H22N2O3. The fourth-order valence-electron chi connectivity index (χ4n) is 3.10. The lowest BCUT2D eigenvalue weighted by atomic mass is 10.1. The van der Waals surface area contributed by atoms with Crippen molar-refractivity contribution < 1.29 is 14.3 Å². The van der Waals surface area contributed by atoms with Crippen LogP contribution in [-0.2, 0) is 11.2 Å². The molecule has 2 amide bonds. The smallest absolute Gasteiger partial charge is 0.259 e. The number of likely N-dealkylation sites (N-methyl/N-ethyl adjacent to an activating group) is 1. The van der Waals surface area contributed by atoms with Crippen molar-refractivity contribution in [3.63, 3.8) is 0 Å². The highest BCUT2D eigenvalue weighted by Gasteiger charge is 2.38. The number of anilines is 1. The Labute approximate surface area is 147 Å². The Bertz CT molecular complexity index is 784. The molecule has 0 saturated carbocycles. The number of carbonyl (C=O) groups excluding carboxylic acids is 2. The van der Waals surface area contributed by atoms with Gasteiger partial charge in [-0.3, -0.25) is 14.5 Å². The van der Waals surface area contributed by atoms with Gasteiger partial charge in [0.2, 0.25) is 5.91 Å². The number of ether oxygens (including phenoxy) is 1. The lowest BCUT2D eigenvalue weighted by Gasteiger charge is -2.24. The highest BCUT2D eigenvalue weighted by atomic mass is 16.5. The third-order valence-electron chi connectivity index (χ3n) is 4.22. The van der Waals surface area contributed by atoms with E-state index in [1.54, 1.807) is 36.2 Å². The molecular weight excluding hydrogens is 316 g/mol. The van der Waals surface area contributed by atoms with Crippen LogP contribution in [0.4, 0.5) is 5.69 Å². The summed E-state index contributed by atoms with van der Waals surface area (Å²) < 4.78 is 5.62. The van der Waals surface area contributed by atoms with Crippen LogP contribution in [-0.4, -0.2) is 31.0 Å². The van der Waals surface area contributed by atoms with Gasteiger partial charge in [-0.15, -0.1) is 0 Å². The number of amides is 2. The van der Waals surface area contributed by atoms with Crippen molar-refractivity contribution in [1.29, 1.82) is 0 Å². The Morgan fingerprint density at radius 2 is 1.80 bits per heavy atom. The highest BCUT2D eigenvalue weighted by Crippen LogP contribution is 2.33. The number of fused-ring (bicyclic) bond motifs is 1. The summed E-state index contributed by atoms with van der Waals surface area (Å²) in [6.45, 7) is 3.91. The van der Waals surface area contributed by atoms with Crippen molar-refractivity contribution >= 4 is 17.5 Å². The third kappa shape index (κ3) is 3.36. The van der Waals surface area contributed by atoms with Gasteiger partial charge in [0.25, 0.3) is 5.91 Å². The molecule has 1 aliphatic heterocycles. The van der Waals surface area contributed by atoms with Crippen molar-refractivity contribution in [2.24, 2.45) is 0 Å². The van der Waals surface area contributed by atoms with Crippen molar-refractivity contribution in [1.82, 2.24) is 5.32 Å². The summed E-state index contributed by atoms with van der Waals surface area (Å²) >= 11 is 0.